The highest BCUT2D eigenvalue weighted by atomic mass is 16.5. The number of hydrogen-bond acceptors (Lipinski definition) is 4. The molecular formula is C11H16N2O2. The molecule has 4 heteroatoms. The SMILES string of the molecule is CCCCC(=O)Oc1cc(C)cc(N)n1. The number of esters is 1. The van der Waals surface area contributed by atoms with Gasteiger partial charge in [0.25, 0.3) is 0 Å². The predicted molar refractivity (Wildman–Crippen MR) is 58.5 cm³/mol. The summed E-state index contributed by atoms with van der Waals surface area (Å²) in [6.45, 7) is 3.90. The fourth-order valence-electron chi connectivity index (χ4n) is 1.20. The maximum absolute atomic E-state index is 11.3. The van der Waals surface area contributed by atoms with E-state index in [9.17, 15) is 4.79 Å². The van der Waals surface area contributed by atoms with E-state index < -0.39 is 0 Å². The van der Waals surface area contributed by atoms with Gasteiger partial charge in [0.2, 0.25) is 5.88 Å². The van der Waals surface area contributed by atoms with Crippen molar-refractivity contribution in [2.45, 2.75) is 33.1 Å². The van der Waals surface area contributed by atoms with Gasteiger partial charge in [-0.3, -0.25) is 4.79 Å². The van der Waals surface area contributed by atoms with Crippen LogP contribution in [0.4, 0.5) is 5.82 Å². The molecule has 82 valence electrons. The second-order valence-electron chi connectivity index (χ2n) is 3.49. The van der Waals surface area contributed by atoms with Gasteiger partial charge in [0.1, 0.15) is 5.82 Å². The number of aromatic nitrogens is 1. The van der Waals surface area contributed by atoms with Gasteiger partial charge in [-0.05, 0) is 25.0 Å². The number of ether oxygens (including phenoxy) is 1. The van der Waals surface area contributed by atoms with E-state index in [1.54, 1.807) is 12.1 Å². The average molecular weight is 208 g/mol. The van der Waals surface area contributed by atoms with Gasteiger partial charge < -0.3 is 10.5 Å². The second-order valence-corrected chi connectivity index (χ2v) is 3.49. The highest BCUT2D eigenvalue weighted by molar-refractivity contribution is 5.71. The molecule has 0 unspecified atom stereocenters. The lowest BCUT2D eigenvalue weighted by Gasteiger charge is -2.04. The third-order valence-corrected chi connectivity index (χ3v) is 1.92. The molecule has 1 aromatic heterocycles. The van der Waals surface area contributed by atoms with E-state index in [2.05, 4.69) is 4.98 Å². The number of hydrogen-bond donors (Lipinski definition) is 1. The Labute approximate surface area is 89.5 Å². The first-order valence-corrected chi connectivity index (χ1v) is 5.06. The molecule has 0 aliphatic carbocycles. The van der Waals surface area contributed by atoms with Gasteiger partial charge in [-0.15, -0.1) is 0 Å². The van der Waals surface area contributed by atoms with E-state index in [0.29, 0.717) is 12.2 Å². The molecule has 0 aliphatic rings. The van der Waals surface area contributed by atoms with E-state index >= 15 is 0 Å². The van der Waals surface area contributed by atoms with Gasteiger partial charge >= 0.3 is 5.97 Å². The summed E-state index contributed by atoms with van der Waals surface area (Å²) >= 11 is 0. The summed E-state index contributed by atoms with van der Waals surface area (Å²) < 4.78 is 5.05. The lowest BCUT2D eigenvalue weighted by atomic mass is 10.2. The number of nitrogens with two attached hydrogens (primary N) is 1. The Morgan fingerprint density at radius 1 is 1.53 bits per heavy atom. The lowest BCUT2D eigenvalue weighted by Crippen LogP contribution is -2.09. The van der Waals surface area contributed by atoms with E-state index in [0.717, 1.165) is 18.4 Å². The summed E-state index contributed by atoms with van der Waals surface area (Å²) in [7, 11) is 0. The van der Waals surface area contributed by atoms with Crippen LogP contribution in [-0.4, -0.2) is 11.0 Å². The van der Waals surface area contributed by atoms with Gasteiger partial charge in [0.05, 0.1) is 0 Å². The van der Waals surface area contributed by atoms with Crippen LogP contribution in [0.15, 0.2) is 12.1 Å². The number of unbranched alkanes of at least 4 members (excludes halogenated alkanes) is 1. The summed E-state index contributed by atoms with van der Waals surface area (Å²) in [5.74, 6) is 0.399. The molecule has 0 atom stereocenters. The number of pyridine rings is 1. The minimum Gasteiger partial charge on any atom is -0.407 e. The average Bonchev–Trinajstić information content (AvgIpc) is 2.13. The smallest absolute Gasteiger partial charge is 0.312 e. The number of carbonyl (C=O) groups is 1. The Morgan fingerprint density at radius 2 is 2.27 bits per heavy atom. The molecule has 4 nitrogen and oxygen atoms in total. The quantitative estimate of drug-likeness (QED) is 0.769. The predicted octanol–water partition coefficient (Wildman–Crippen LogP) is 2.07. The van der Waals surface area contributed by atoms with Gasteiger partial charge in [-0.1, -0.05) is 13.3 Å². The Morgan fingerprint density at radius 3 is 2.87 bits per heavy atom. The first-order chi connectivity index (χ1) is 7.11. The van der Waals surface area contributed by atoms with Crippen molar-refractivity contribution in [2.75, 3.05) is 5.73 Å². The minimum atomic E-state index is -0.255. The second kappa shape index (κ2) is 5.34. The largest absolute Gasteiger partial charge is 0.407 e. The van der Waals surface area contributed by atoms with Crippen molar-refractivity contribution >= 4 is 11.8 Å². The summed E-state index contributed by atoms with van der Waals surface area (Å²) in [5, 5.41) is 0. The zero-order chi connectivity index (χ0) is 11.3. The van der Waals surface area contributed by atoms with E-state index in [4.69, 9.17) is 10.5 Å². The Hall–Kier alpha value is -1.58. The Balaban J connectivity index is 2.60. The van der Waals surface area contributed by atoms with Crippen molar-refractivity contribution in [3.63, 3.8) is 0 Å². The topological polar surface area (TPSA) is 65.2 Å². The highest BCUT2D eigenvalue weighted by Crippen LogP contribution is 2.14. The standard InChI is InChI=1S/C11H16N2O2/c1-3-4-5-11(14)15-10-7-8(2)6-9(12)13-10/h6-7H,3-5H2,1-2H3,(H2,12,13). The van der Waals surface area contributed by atoms with Crippen LogP contribution in [0.5, 0.6) is 5.88 Å². The van der Waals surface area contributed by atoms with E-state index in [1.165, 1.54) is 0 Å². The fraction of sp³-hybridized carbons (Fsp3) is 0.455. The number of aryl methyl sites for hydroxylation is 1. The highest BCUT2D eigenvalue weighted by Gasteiger charge is 2.06. The van der Waals surface area contributed by atoms with Crippen LogP contribution in [0.25, 0.3) is 0 Å². The molecular weight excluding hydrogens is 192 g/mol. The monoisotopic (exact) mass is 208 g/mol. The number of rotatable bonds is 4. The molecule has 0 fully saturated rings. The molecule has 0 aromatic carbocycles. The number of nitrogens with zero attached hydrogens (tertiary/aromatic N) is 1. The third-order valence-electron chi connectivity index (χ3n) is 1.92. The van der Waals surface area contributed by atoms with Crippen molar-refractivity contribution in [2.24, 2.45) is 0 Å². The molecule has 0 saturated carbocycles. The first kappa shape index (κ1) is 11.5. The Bertz CT molecular complexity index is 330. The van der Waals surface area contributed by atoms with Crippen LogP contribution >= 0.6 is 0 Å². The van der Waals surface area contributed by atoms with Crippen molar-refractivity contribution in [3.05, 3.63) is 17.7 Å². The third kappa shape index (κ3) is 3.97. The molecule has 1 aromatic rings. The maximum Gasteiger partial charge on any atom is 0.312 e. The van der Waals surface area contributed by atoms with Crippen molar-refractivity contribution in [1.29, 1.82) is 0 Å². The Kier molecular flexibility index (Phi) is 4.09. The van der Waals surface area contributed by atoms with Crippen molar-refractivity contribution in [1.82, 2.24) is 4.98 Å². The summed E-state index contributed by atoms with van der Waals surface area (Å²) in [6.07, 6.45) is 2.23. The zero-order valence-electron chi connectivity index (χ0n) is 9.12. The van der Waals surface area contributed by atoms with Crippen LogP contribution in [0.1, 0.15) is 31.7 Å². The molecule has 15 heavy (non-hydrogen) atoms. The molecule has 0 bridgehead atoms. The van der Waals surface area contributed by atoms with Crippen molar-refractivity contribution < 1.29 is 9.53 Å². The first-order valence-electron chi connectivity index (χ1n) is 5.06. The van der Waals surface area contributed by atoms with E-state index in [1.807, 2.05) is 13.8 Å². The molecule has 0 spiro atoms. The van der Waals surface area contributed by atoms with E-state index in [-0.39, 0.29) is 11.8 Å². The summed E-state index contributed by atoms with van der Waals surface area (Å²) in [5.41, 5.74) is 6.46. The molecule has 1 rings (SSSR count). The van der Waals surface area contributed by atoms with Gasteiger partial charge in [0.15, 0.2) is 0 Å². The molecule has 1 heterocycles. The molecule has 0 amide bonds. The number of carbonyl (C=O) groups excluding carboxylic acids is 1. The number of anilines is 1. The van der Waals surface area contributed by atoms with Gasteiger partial charge in [-0.25, -0.2) is 0 Å². The summed E-state index contributed by atoms with van der Waals surface area (Å²) in [4.78, 5) is 15.2. The van der Waals surface area contributed by atoms with Crippen LogP contribution in [0.2, 0.25) is 0 Å². The van der Waals surface area contributed by atoms with Crippen LogP contribution < -0.4 is 10.5 Å². The molecule has 2 N–H and O–H groups in total. The van der Waals surface area contributed by atoms with Gasteiger partial charge in [-0.2, -0.15) is 4.98 Å². The zero-order valence-corrected chi connectivity index (χ0v) is 9.12. The van der Waals surface area contributed by atoms with Crippen LogP contribution in [-0.2, 0) is 4.79 Å². The summed E-state index contributed by atoms with van der Waals surface area (Å²) in [6, 6.07) is 3.42. The lowest BCUT2D eigenvalue weighted by molar-refractivity contribution is -0.134. The van der Waals surface area contributed by atoms with Gasteiger partial charge in [0, 0.05) is 12.5 Å². The molecule has 0 radical (unpaired) electrons. The van der Waals surface area contributed by atoms with Crippen LogP contribution in [0.3, 0.4) is 0 Å². The minimum absolute atomic E-state index is 0.255. The maximum atomic E-state index is 11.3. The number of nitrogen functional groups attached to an aromatic ring is 1. The fourth-order valence-corrected chi connectivity index (χ4v) is 1.20. The molecule has 0 saturated heterocycles. The normalized spacial score (nSPS) is 10.0. The molecule has 0 aliphatic heterocycles. The van der Waals surface area contributed by atoms with Crippen molar-refractivity contribution in [3.8, 4) is 5.88 Å². The van der Waals surface area contributed by atoms with Crippen LogP contribution in [0, 0.1) is 6.92 Å².